The van der Waals surface area contributed by atoms with Crippen molar-refractivity contribution in [2.75, 3.05) is 0 Å². The van der Waals surface area contributed by atoms with E-state index >= 15 is 0 Å². The number of alkyl halides is 2. The van der Waals surface area contributed by atoms with Crippen molar-refractivity contribution in [2.24, 2.45) is 5.10 Å². The summed E-state index contributed by atoms with van der Waals surface area (Å²) in [5, 5.41) is 5.34. The van der Waals surface area contributed by atoms with Gasteiger partial charge in [-0.15, -0.1) is 0 Å². The SMILES string of the molecule is CC(=O)N1N=C(C2=C(F)C(F)(F)C2)CC12CC2. The average molecular weight is 244 g/mol. The van der Waals surface area contributed by atoms with Crippen molar-refractivity contribution in [3.8, 4) is 0 Å². The highest BCUT2D eigenvalue weighted by molar-refractivity contribution is 6.05. The van der Waals surface area contributed by atoms with Crippen LogP contribution >= 0.6 is 0 Å². The van der Waals surface area contributed by atoms with E-state index in [4.69, 9.17) is 0 Å². The van der Waals surface area contributed by atoms with E-state index < -0.39 is 18.2 Å². The van der Waals surface area contributed by atoms with Gasteiger partial charge in [-0.2, -0.15) is 13.9 Å². The number of hydrogen-bond acceptors (Lipinski definition) is 2. The number of carbonyl (C=O) groups excluding carboxylic acids is 1. The largest absolute Gasteiger partial charge is 0.303 e. The van der Waals surface area contributed by atoms with Crippen molar-refractivity contribution in [1.82, 2.24) is 5.01 Å². The lowest BCUT2D eigenvalue weighted by Crippen LogP contribution is -2.33. The molecule has 2 aliphatic carbocycles. The molecule has 1 spiro atoms. The van der Waals surface area contributed by atoms with E-state index in [0.29, 0.717) is 12.1 Å². The molecule has 92 valence electrons. The quantitative estimate of drug-likeness (QED) is 0.697. The van der Waals surface area contributed by atoms with Gasteiger partial charge in [-0.1, -0.05) is 0 Å². The summed E-state index contributed by atoms with van der Waals surface area (Å²) < 4.78 is 38.6. The molecule has 3 rings (SSSR count). The van der Waals surface area contributed by atoms with Crippen LogP contribution in [-0.4, -0.2) is 28.1 Å². The van der Waals surface area contributed by atoms with Gasteiger partial charge in [-0.05, 0) is 12.8 Å². The van der Waals surface area contributed by atoms with Gasteiger partial charge >= 0.3 is 5.92 Å². The molecule has 1 fully saturated rings. The van der Waals surface area contributed by atoms with Crippen LogP contribution < -0.4 is 0 Å². The van der Waals surface area contributed by atoms with E-state index in [1.54, 1.807) is 0 Å². The molecule has 3 nitrogen and oxygen atoms in total. The summed E-state index contributed by atoms with van der Waals surface area (Å²) >= 11 is 0. The molecular weight excluding hydrogens is 233 g/mol. The third kappa shape index (κ3) is 1.36. The molecule has 1 heterocycles. The number of nitrogens with zero attached hydrogens (tertiary/aromatic N) is 2. The van der Waals surface area contributed by atoms with Crippen molar-refractivity contribution in [3.05, 3.63) is 11.4 Å². The molecule has 17 heavy (non-hydrogen) atoms. The van der Waals surface area contributed by atoms with Gasteiger partial charge in [0.1, 0.15) is 0 Å². The molecule has 0 bridgehead atoms. The Kier molecular flexibility index (Phi) is 1.85. The molecule has 0 aromatic heterocycles. The lowest BCUT2D eigenvalue weighted by molar-refractivity contribution is -0.131. The Morgan fingerprint density at radius 1 is 1.35 bits per heavy atom. The van der Waals surface area contributed by atoms with Crippen molar-refractivity contribution >= 4 is 11.6 Å². The highest BCUT2D eigenvalue weighted by atomic mass is 19.3. The highest BCUT2D eigenvalue weighted by Crippen LogP contribution is 2.53. The number of hydrogen-bond donors (Lipinski definition) is 0. The first-order valence-corrected chi connectivity index (χ1v) is 5.51. The predicted octanol–water partition coefficient (Wildman–Crippen LogP) is 2.39. The fraction of sp³-hybridized carbons (Fsp3) is 0.636. The van der Waals surface area contributed by atoms with Crippen LogP contribution in [-0.2, 0) is 4.79 Å². The second-order valence-corrected chi connectivity index (χ2v) is 4.95. The maximum atomic E-state index is 13.2. The molecule has 6 heteroatoms. The molecular formula is C11H11F3N2O. The van der Waals surface area contributed by atoms with E-state index in [9.17, 15) is 18.0 Å². The van der Waals surface area contributed by atoms with Crippen molar-refractivity contribution in [2.45, 2.75) is 44.1 Å². The zero-order chi connectivity index (χ0) is 12.4. The van der Waals surface area contributed by atoms with Gasteiger partial charge in [-0.3, -0.25) is 4.79 Å². The molecule has 0 aromatic rings. The third-order valence-electron chi connectivity index (χ3n) is 3.63. The molecule has 0 radical (unpaired) electrons. The van der Waals surface area contributed by atoms with Gasteiger partial charge < -0.3 is 0 Å². The molecule has 0 aromatic carbocycles. The van der Waals surface area contributed by atoms with Crippen molar-refractivity contribution < 1.29 is 18.0 Å². The lowest BCUT2D eigenvalue weighted by Gasteiger charge is -2.27. The van der Waals surface area contributed by atoms with Crippen LogP contribution in [0.25, 0.3) is 0 Å². The zero-order valence-electron chi connectivity index (χ0n) is 9.26. The number of halogens is 3. The van der Waals surface area contributed by atoms with Crippen molar-refractivity contribution in [3.63, 3.8) is 0 Å². The minimum absolute atomic E-state index is 0.00924. The highest BCUT2D eigenvalue weighted by Gasteiger charge is 2.58. The summed E-state index contributed by atoms with van der Waals surface area (Å²) in [6.45, 7) is 1.38. The fourth-order valence-electron chi connectivity index (χ4n) is 2.47. The molecule has 0 N–H and O–H groups in total. The van der Waals surface area contributed by atoms with Gasteiger partial charge in [0.2, 0.25) is 5.91 Å². The van der Waals surface area contributed by atoms with Gasteiger partial charge in [0.05, 0.1) is 11.3 Å². The Morgan fingerprint density at radius 2 is 2.00 bits per heavy atom. The summed E-state index contributed by atoms with van der Waals surface area (Å²) in [6, 6.07) is 0. The lowest BCUT2D eigenvalue weighted by atomic mass is 9.86. The second kappa shape index (κ2) is 2.91. The van der Waals surface area contributed by atoms with Gasteiger partial charge in [-0.25, -0.2) is 9.40 Å². The average Bonchev–Trinajstić information content (AvgIpc) is 2.88. The molecule has 1 saturated carbocycles. The van der Waals surface area contributed by atoms with E-state index in [1.165, 1.54) is 11.9 Å². The van der Waals surface area contributed by atoms with Crippen molar-refractivity contribution in [1.29, 1.82) is 0 Å². The molecule has 1 amide bonds. The molecule has 0 atom stereocenters. The van der Waals surface area contributed by atoms with E-state index in [1.807, 2.05) is 0 Å². The van der Waals surface area contributed by atoms with Crippen LogP contribution in [0.4, 0.5) is 13.2 Å². The summed E-state index contributed by atoms with van der Waals surface area (Å²) in [5.41, 5.74) is -0.0228. The number of rotatable bonds is 1. The predicted molar refractivity (Wildman–Crippen MR) is 54.2 cm³/mol. The van der Waals surface area contributed by atoms with Crippen LogP contribution in [0.5, 0.6) is 0 Å². The maximum absolute atomic E-state index is 13.2. The molecule has 1 aliphatic heterocycles. The Morgan fingerprint density at radius 3 is 2.35 bits per heavy atom. The summed E-state index contributed by atoms with van der Waals surface area (Å²) in [5.74, 6) is -4.93. The number of allylic oxidation sites excluding steroid dienone is 2. The molecule has 3 aliphatic rings. The first-order chi connectivity index (χ1) is 7.86. The van der Waals surface area contributed by atoms with E-state index in [-0.39, 0.29) is 17.0 Å². The maximum Gasteiger partial charge on any atom is 0.303 e. The van der Waals surface area contributed by atoms with Crippen LogP contribution in [0.3, 0.4) is 0 Å². The normalized spacial score (nSPS) is 28.2. The number of amides is 1. The Balaban J connectivity index is 1.90. The van der Waals surface area contributed by atoms with Gasteiger partial charge in [0.25, 0.3) is 0 Å². The zero-order valence-corrected chi connectivity index (χ0v) is 9.26. The second-order valence-electron chi connectivity index (χ2n) is 4.95. The van der Waals surface area contributed by atoms with E-state index in [0.717, 1.165) is 12.8 Å². The Bertz CT molecular complexity index is 477. The number of hydrazone groups is 1. The third-order valence-corrected chi connectivity index (χ3v) is 3.63. The standard InChI is InChI=1S/C11H11F3N2O/c1-6(17)16-10(2-3-10)5-8(15-16)7-4-11(13,14)9(7)12/h2-5H2,1H3. The van der Waals surface area contributed by atoms with Crippen LogP contribution in [0.1, 0.15) is 32.6 Å². The monoisotopic (exact) mass is 244 g/mol. The minimum atomic E-state index is -3.34. The van der Waals surface area contributed by atoms with Crippen LogP contribution in [0, 0.1) is 0 Å². The van der Waals surface area contributed by atoms with E-state index in [2.05, 4.69) is 5.10 Å². The first kappa shape index (κ1) is 10.8. The molecule has 0 saturated heterocycles. The smallest absolute Gasteiger partial charge is 0.273 e. The van der Waals surface area contributed by atoms with Crippen LogP contribution in [0.15, 0.2) is 16.5 Å². The summed E-state index contributed by atoms with van der Waals surface area (Å²) in [7, 11) is 0. The van der Waals surface area contributed by atoms with Crippen LogP contribution in [0.2, 0.25) is 0 Å². The minimum Gasteiger partial charge on any atom is -0.273 e. The molecule has 0 unspecified atom stereocenters. The fourth-order valence-corrected chi connectivity index (χ4v) is 2.47. The summed E-state index contributed by atoms with van der Waals surface area (Å²) in [4.78, 5) is 11.3. The topological polar surface area (TPSA) is 32.7 Å². The number of carbonyl (C=O) groups is 1. The first-order valence-electron chi connectivity index (χ1n) is 5.51. The Labute approximate surface area is 96.0 Å². The van der Waals surface area contributed by atoms with Gasteiger partial charge in [0, 0.05) is 25.3 Å². The van der Waals surface area contributed by atoms with Gasteiger partial charge in [0.15, 0.2) is 5.83 Å². The summed E-state index contributed by atoms with van der Waals surface area (Å²) in [6.07, 6.45) is 1.43. The Hall–Kier alpha value is -1.33.